The normalized spacial score (nSPS) is 20.7. The van der Waals surface area contributed by atoms with Gasteiger partial charge in [-0.15, -0.1) is 0 Å². The van der Waals surface area contributed by atoms with Crippen molar-refractivity contribution in [3.05, 3.63) is 59.0 Å². The van der Waals surface area contributed by atoms with Gasteiger partial charge in [0.1, 0.15) is 11.7 Å². The van der Waals surface area contributed by atoms with E-state index < -0.39 is 23.6 Å². The minimum atomic E-state index is -1.32. The van der Waals surface area contributed by atoms with Crippen LogP contribution in [0.5, 0.6) is 0 Å². The highest BCUT2D eigenvalue weighted by Crippen LogP contribution is 2.30. The van der Waals surface area contributed by atoms with Gasteiger partial charge in [-0.05, 0) is 88.1 Å². The Morgan fingerprint density at radius 2 is 2.03 bits per heavy atom. The van der Waals surface area contributed by atoms with Gasteiger partial charge in [0.25, 0.3) is 5.91 Å². The smallest absolute Gasteiger partial charge is 0.326 e. The summed E-state index contributed by atoms with van der Waals surface area (Å²) < 4.78 is 17.5. The van der Waals surface area contributed by atoms with E-state index in [0.29, 0.717) is 31.4 Å². The van der Waals surface area contributed by atoms with Crippen molar-refractivity contribution in [2.24, 2.45) is 7.05 Å². The predicted molar refractivity (Wildman–Crippen MR) is 143 cm³/mol. The minimum Gasteiger partial charge on any atom is -0.480 e. The number of carbonyl (C=O) groups excluding carboxylic acids is 1. The molecule has 1 aromatic carbocycles. The molecule has 38 heavy (non-hydrogen) atoms. The number of nitrogens with zero attached hydrogens (tertiary/aromatic N) is 4. The number of hydrogen-bond acceptors (Lipinski definition) is 5. The maximum Gasteiger partial charge on any atom is 0.326 e. The molecule has 1 aliphatic heterocycles. The molecular formula is C29H36FN5O3. The second-order valence-corrected chi connectivity index (χ2v) is 10.8. The van der Waals surface area contributed by atoms with Gasteiger partial charge < -0.3 is 15.3 Å². The van der Waals surface area contributed by atoms with E-state index in [0.717, 1.165) is 42.4 Å². The van der Waals surface area contributed by atoms with Crippen LogP contribution in [0.2, 0.25) is 0 Å². The highest BCUT2D eigenvalue weighted by molar-refractivity contribution is 5.99. The van der Waals surface area contributed by atoms with Crippen molar-refractivity contribution in [2.75, 3.05) is 19.6 Å². The lowest BCUT2D eigenvalue weighted by atomic mass is 9.88. The average Bonchev–Trinajstić information content (AvgIpc) is 3.29. The highest BCUT2D eigenvalue weighted by atomic mass is 19.1. The Kier molecular flexibility index (Phi) is 7.74. The fourth-order valence-electron chi connectivity index (χ4n) is 5.79. The standard InChI is InChI=1S/C29H36FN5O3/c1-34-26-17-21(7-8-22(26)18-31-34)27(36)33-25(28(37)38)12-16-35-15-4-13-29(30,19-35)14-11-23-10-9-20-5-2-3-6-24(20)32-23/h7-10,17-18,25H,2-6,11-16,19H2,1H3,(H,33,36)(H,37,38)/t25-,29+/m0/s1. The van der Waals surface area contributed by atoms with Gasteiger partial charge in [0.2, 0.25) is 0 Å². The molecule has 2 N–H and O–H groups in total. The van der Waals surface area contributed by atoms with Crippen molar-refractivity contribution in [3.8, 4) is 0 Å². The third kappa shape index (κ3) is 6.04. The number of rotatable bonds is 9. The molecule has 1 fully saturated rings. The monoisotopic (exact) mass is 521 g/mol. The number of pyridine rings is 1. The summed E-state index contributed by atoms with van der Waals surface area (Å²) in [5.41, 5.74) is 3.31. The fraction of sp³-hybridized carbons (Fsp3) is 0.517. The quantitative estimate of drug-likeness (QED) is 0.444. The van der Waals surface area contributed by atoms with Crippen LogP contribution in [0.4, 0.5) is 4.39 Å². The number of hydrogen-bond donors (Lipinski definition) is 2. The number of aryl methyl sites for hydroxylation is 4. The van der Waals surface area contributed by atoms with Crippen LogP contribution in [0.1, 0.15) is 65.8 Å². The summed E-state index contributed by atoms with van der Waals surface area (Å²) in [5, 5.41) is 17.5. The zero-order valence-electron chi connectivity index (χ0n) is 22.0. The number of nitrogens with one attached hydrogen (secondary N) is 1. The number of alkyl halides is 1. The fourth-order valence-corrected chi connectivity index (χ4v) is 5.79. The molecule has 0 saturated carbocycles. The van der Waals surface area contributed by atoms with E-state index in [2.05, 4.69) is 16.5 Å². The van der Waals surface area contributed by atoms with E-state index in [4.69, 9.17) is 4.98 Å². The van der Waals surface area contributed by atoms with Crippen molar-refractivity contribution in [1.29, 1.82) is 0 Å². The van der Waals surface area contributed by atoms with Gasteiger partial charge in [-0.3, -0.25) is 14.5 Å². The van der Waals surface area contributed by atoms with Crippen molar-refractivity contribution in [2.45, 2.75) is 69.5 Å². The largest absolute Gasteiger partial charge is 0.480 e. The van der Waals surface area contributed by atoms with Crippen molar-refractivity contribution < 1.29 is 19.1 Å². The molecule has 0 radical (unpaired) electrons. The SMILES string of the molecule is Cn1ncc2ccc(C(=O)N[C@@H](CCN3CCC[C@@](F)(CCc4ccc5c(n4)CCCC5)C3)C(=O)O)cc21. The molecular weight excluding hydrogens is 485 g/mol. The summed E-state index contributed by atoms with van der Waals surface area (Å²) in [6.07, 6.45) is 8.64. The van der Waals surface area contributed by atoms with Gasteiger partial charge >= 0.3 is 5.97 Å². The number of carboxylic acids is 1. The van der Waals surface area contributed by atoms with Crippen LogP contribution >= 0.6 is 0 Å². The molecule has 1 aliphatic carbocycles. The molecule has 0 bridgehead atoms. The van der Waals surface area contributed by atoms with Crippen molar-refractivity contribution in [1.82, 2.24) is 25.0 Å². The number of amides is 1. The number of fused-ring (bicyclic) bond motifs is 2. The van der Waals surface area contributed by atoms with Gasteiger partial charge in [0, 0.05) is 42.5 Å². The minimum absolute atomic E-state index is 0.206. The number of piperidine rings is 1. The Morgan fingerprint density at radius 1 is 1.18 bits per heavy atom. The van der Waals surface area contributed by atoms with E-state index in [9.17, 15) is 14.7 Å². The predicted octanol–water partition coefficient (Wildman–Crippen LogP) is 3.86. The first-order valence-corrected chi connectivity index (χ1v) is 13.6. The lowest BCUT2D eigenvalue weighted by Gasteiger charge is -2.38. The van der Waals surface area contributed by atoms with Crippen molar-refractivity contribution >= 4 is 22.8 Å². The number of benzene rings is 1. The lowest BCUT2D eigenvalue weighted by molar-refractivity contribution is -0.139. The molecule has 2 aliphatic rings. The van der Waals surface area contributed by atoms with Gasteiger partial charge in [0.15, 0.2) is 0 Å². The van der Waals surface area contributed by atoms with Gasteiger partial charge in [-0.2, -0.15) is 5.10 Å². The second kappa shape index (κ2) is 11.2. The maximum atomic E-state index is 15.8. The van der Waals surface area contributed by atoms with Crippen LogP contribution in [-0.4, -0.2) is 68.0 Å². The second-order valence-electron chi connectivity index (χ2n) is 10.8. The first-order valence-electron chi connectivity index (χ1n) is 13.6. The van der Waals surface area contributed by atoms with Crippen LogP contribution in [0.3, 0.4) is 0 Å². The van der Waals surface area contributed by atoms with Crippen LogP contribution in [0.15, 0.2) is 36.5 Å². The number of likely N-dealkylation sites (tertiary alicyclic amines) is 1. The van der Waals surface area contributed by atoms with E-state index >= 15 is 4.39 Å². The topological polar surface area (TPSA) is 100 Å². The van der Waals surface area contributed by atoms with Crippen LogP contribution in [0, 0.1) is 0 Å². The first kappa shape index (κ1) is 26.3. The Morgan fingerprint density at radius 3 is 2.87 bits per heavy atom. The summed E-state index contributed by atoms with van der Waals surface area (Å²) in [5.74, 6) is -1.54. The molecule has 0 unspecified atom stereocenters. The van der Waals surface area contributed by atoms with E-state index in [1.54, 1.807) is 36.1 Å². The summed E-state index contributed by atoms with van der Waals surface area (Å²) >= 11 is 0. The Labute approximate surface area is 222 Å². The summed E-state index contributed by atoms with van der Waals surface area (Å²) in [6, 6.07) is 8.31. The zero-order chi connectivity index (χ0) is 26.7. The number of aromatic nitrogens is 3. The average molecular weight is 522 g/mol. The molecule has 3 aromatic rings. The van der Waals surface area contributed by atoms with Crippen LogP contribution < -0.4 is 5.32 Å². The molecule has 9 heteroatoms. The molecule has 0 spiro atoms. The molecule has 2 aromatic heterocycles. The third-order valence-corrected chi connectivity index (χ3v) is 8.02. The molecule has 1 amide bonds. The Balaban J connectivity index is 1.15. The highest BCUT2D eigenvalue weighted by Gasteiger charge is 2.35. The molecule has 5 rings (SSSR count). The Hall–Kier alpha value is -3.33. The number of halogens is 1. The zero-order valence-corrected chi connectivity index (χ0v) is 22.0. The molecule has 8 nitrogen and oxygen atoms in total. The van der Waals surface area contributed by atoms with E-state index in [-0.39, 0.29) is 13.0 Å². The molecule has 202 valence electrons. The number of aliphatic carboxylic acids is 1. The van der Waals surface area contributed by atoms with E-state index in [1.807, 2.05) is 11.0 Å². The molecule has 1 saturated heterocycles. The lowest BCUT2D eigenvalue weighted by Crippen LogP contribution is -2.48. The summed E-state index contributed by atoms with van der Waals surface area (Å²) in [7, 11) is 1.79. The van der Waals surface area contributed by atoms with Crippen LogP contribution in [0.25, 0.3) is 10.9 Å². The van der Waals surface area contributed by atoms with Crippen molar-refractivity contribution in [3.63, 3.8) is 0 Å². The first-order chi connectivity index (χ1) is 18.3. The van der Waals surface area contributed by atoms with Crippen LogP contribution in [-0.2, 0) is 31.1 Å². The molecule has 3 heterocycles. The summed E-state index contributed by atoms with van der Waals surface area (Å²) in [4.78, 5) is 31.5. The van der Waals surface area contributed by atoms with Gasteiger partial charge in [-0.1, -0.05) is 12.1 Å². The summed E-state index contributed by atoms with van der Waals surface area (Å²) in [6.45, 7) is 1.40. The number of carboxylic acid groups (broad SMARTS) is 1. The van der Waals surface area contributed by atoms with E-state index in [1.165, 1.54) is 24.1 Å². The number of carbonyl (C=O) groups is 2. The van der Waals surface area contributed by atoms with Gasteiger partial charge in [-0.25, -0.2) is 9.18 Å². The van der Waals surface area contributed by atoms with Gasteiger partial charge in [0.05, 0.1) is 11.7 Å². The Bertz CT molecular complexity index is 1320. The third-order valence-electron chi connectivity index (χ3n) is 8.02. The molecule has 2 atom stereocenters. The maximum absolute atomic E-state index is 15.8.